The molecular formula is C12H17BrFNS. The van der Waals surface area contributed by atoms with Gasteiger partial charge in [0, 0.05) is 10.0 Å². The maximum atomic E-state index is 13.1. The summed E-state index contributed by atoms with van der Waals surface area (Å²) in [4.78, 5) is 0. The minimum atomic E-state index is -0.284. The zero-order chi connectivity index (χ0) is 12.7. The predicted octanol–water partition coefficient (Wildman–Crippen LogP) is 4.90. The second kappa shape index (κ2) is 7.85. The van der Waals surface area contributed by atoms with Crippen molar-refractivity contribution in [1.29, 1.82) is 0 Å². The van der Waals surface area contributed by atoms with Gasteiger partial charge in [0.1, 0.15) is 5.82 Å². The van der Waals surface area contributed by atoms with Crippen molar-refractivity contribution in [3.63, 3.8) is 0 Å². The van der Waals surface area contributed by atoms with Gasteiger partial charge in [-0.15, -0.1) is 0 Å². The van der Waals surface area contributed by atoms with Crippen LogP contribution in [-0.2, 0) is 0 Å². The lowest BCUT2D eigenvalue weighted by atomic mass is 10.1. The summed E-state index contributed by atoms with van der Waals surface area (Å²) < 4.78 is 17.5. The molecule has 0 saturated heterocycles. The van der Waals surface area contributed by atoms with Gasteiger partial charge in [0.25, 0.3) is 0 Å². The van der Waals surface area contributed by atoms with Crippen molar-refractivity contribution in [3.8, 4) is 0 Å². The van der Waals surface area contributed by atoms with Crippen LogP contribution in [0.3, 0.4) is 0 Å². The van der Waals surface area contributed by atoms with Crippen LogP contribution in [0.1, 0.15) is 33.3 Å². The van der Waals surface area contributed by atoms with Crippen molar-refractivity contribution in [2.45, 2.75) is 27.7 Å². The highest BCUT2D eigenvalue weighted by molar-refractivity contribution is 9.10. The molecule has 0 aliphatic rings. The minimum Gasteiger partial charge on any atom is -0.224 e. The van der Waals surface area contributed by atoms with Crippen LogP contribution in [0, 0.1) is 11.7 Å². The maximum Gasteiger partial charge on any atom is 0.132 e. The summed E-state index contributed by atoms with van der Waals surface area (Å²) in [7, 11) is 0. The quantitative estimate of drug-likeness (QED) is 0.559. The highest BCUT2D eigenvalue weighted by Crippen LogP contribution is 2.16. The first-order chi connectivity index (χ1) is 7.38. The molecule has 0 aliphatic heterocycles. The van der Waals surface area contributed by atoms with E-state index in [-0.39, 0.29) is 5.82 Å². The monoisotopic (exact) mass is 305 g/mol. The van der Waals surface area contributed by atoms with E-state index >= 15 is 0 Å². The molecule has 1 aromatic carbocycles. The van der Waals surface area contributed by atoms with Crippen LogP contribution in [0.25, 0.3) is 0 Å². The average Bonchev–Trinajstić information content (AvgIpc) is 2.20. The summed E-state index contributed by atoms with van der Waals surface area (Å²) >= 11 is 6.96. The maximum absolute atomic E-state index is 13.1. The number of thiol groups is 1. The second-order valence-corrected chi connectivity index (χ2v) is 5.16. The van der Waals surface area contributed by atoms with Crippen LogP contribution in [0.2, 0.25) is 0 Å². The predicted molar refractivity (Wildman–Crippen MR) is 75.8 cm³/mol. The van der Waals surface area contributed by atoms with Gasteiger partial charge < -0.3 is 0 Å². The van der Waals surface area contributed by atoms with E-state index < -0.39 is 0 Å². The number of benzene rings is 1. The molecule has 1 nitrogen and oxygen atoms in total. The van der Waals surface area contributed by atoms with Crippen LogP contribution in [0.4, 0.5) is 4.39 Å². The normalized spacial score (nSPS) is 11.1. The van der Waals surface area contributed by atoms with E-state index in [0.717, 1.165) is 10.4 Å². The largest absolute Gasteiger partial charge is 0.224 e. The van der Waals surface area contributed by atoms with E-state index in [0.29, 0.717) is 11.3 Å². The molecule has 0 amide bonds. The standard InChI is InChI=1S/C8H7BrFNS.C4H10/c1-5(11-12)7-4-6(9)2-3-8(7)10;1-4(2)3/h2-4,12H,1H3;4H,1-3H3/b11-5+;. The van der Waals surface area contributed by atoms with Crippen LogP contribution >= 0.6 is 28.7 Å². The molecule has 0 unspecified atom stereocenters. The fraction of sp³-hybridized carbons (Fsp3) is 0.417. The molecule has 4 heteroatoms. The van der Waals surface area contributed by atoms with Crippen molar-refractivity contribution in [2.24, 2.45) is 10.3 Å². The number of nitrogens with zero attached hydrogens (tertiary/aromatic N) is 1. The third-order valence-electron chi connectivity index (χ3n) is 1.47. The number of halogens is 2. The molecule has 0 N–H and O–H groups in total. The summed E-state index contributed by atoms with van der Waals surface area (Å²) in [6.45, 7) is 8.21. The van der Waals surface area contributed by atoms with Gasteiger partial charge in [0.2, 0.25) is 0 Å². The van der Waals surface area contributed by atoms with Gasteiger partial charge >= 0.3 is 0 Å². The fourth-order valence-electron chi connectivity index (χ4n) is 0.829. The van der Waals surface area contributed by atoms with Crippen molar-refractivity contribution in [1.82, 2.24) is 0 Å². The van der Waals surface area contributed by atoms with Gasteiger partial charge in [-0.2, -0.15) is 0 Å². The first-order valence-corrected chi connectivity index (χ1v) is 6.21. The van der Waals surface area contributed by atoms with Crippen molar-refractivity contribution in [2.75, 3.05) is 0 Å². The Labute approximate surface area is 111 Å². The fourth-order valence-corrected chi connectivity index (χ4v) is 1.30. The highest BCUT2D eigenvalue weighted by atomic mass is 79.9. The van der Waals surface area contributed by atoms with Gasteiger partial charge in [-0.1, -0.05) is 36.7 Å². The van der Waals surface area contributed by atoms with E-state index in [2.05, 4.69) is 53.9 Å². The van der Waals surface area contributed by atoms with Crippen molar-refractivity contribution < 1.29 is 4.39 Å². The topological polar surface area (TPSA) is 12.4 Å². The van der Waals surface area contributed by atoms with Crippen molar-refractivity contribution in [3.05, 3.63) is 34.1 Å². The number of hydrogen-bond acceptors (Lipinski definition) is 2. The molecule has 0 atom stereocenters. The molecule has 0 heterocycles. The Bertz CT molecular complexity index is 361. The summed E-state index contributed by atoms with van der Waals surface area (Å²) in [5.41, 5.74) is 1.04. The zero-order valence-electron chi connectivity index (χ0n) is 9.96. The molecule has 16 heavy (non-hydrogen) atoms. The third-order valence-corrected chi connectivity index (χ3v) is 2.26. The Morgan fingerprint density at radius 1 is 1.38 bits per heavy atom. The average molecular weight is 306 g/mol. The van der Waals surface area contributed by atoms with E-state index in [4.69, 9.17) is 0 Å². The summed E-state index contributed by atoms with van der Waals surface area (Å²) in [5, 5.41) is 0. The van der Waals surface area contributed by atoms with E-state index in [1.54, 1.807) is 19.1 Å². The van der Waals surface area contributed by atoms with Gasteiger partial charge in [0.05, 0.1) is 5.71 Å². The summed E-state index contributed by atoms with van der Waals surface area (Å²) in [5.74, 6) is 0.550. The highest BCUT2D eigenvalue weighted by Gasteiger charge is 2.04. The van der Waals surface area contributed by atoms with Crippen LogP contribution in [-0.4, -0.2) is 5.71 Å². The number of hydrogen-bond donors (Lipinski definition) is 1. The Morgan fingerprint density at radius 2 is 1.88 bits per heavy atom. The Kier molecular flexibility index (Phi) is 7.68. The lowest BCUT2D eigenvalue weighted by molar-refractivity contribution is 0.625. The summed E-state index contributed by atoms with van der Waals surface area (Å²) in [6.07, 6.45) is 0. The Balaban J connectivity index is 0.000000487. The van der Waals surface area contributed by atoms with E-state index in [1.807, 2.05) is 0 Å². The molecule has 0 spiro atoms. The molecule has 0 fully saturated rings. The zero-order valence-corrected chi connectivity index (χ0v) is 12.4. The third kappa shape index (κ3) is 6.28. The molecule has 1 rings (SSSR count). The molecule has 0 aromatic heterocycles. The van der Waals surface area contributed by atoms with Gasteiger partial charge in [-0.25, -0.2) is 8.79 Å². The molecule has 1 aromatic rings. The lowest BCUT2D eigenvalue weighted by Crippen LogP contribution is -1.97. The SMILES string of the molecule is C/C(=N\S)c1cc(Br)ccc1F.CC(C)C. The molecule has 0 saturated carbocycles. The molecule has 0 radical (unpaired) electrons. The lowest BCUT2D eigenvalue weighted by Gasteiger charge is -2.01. The van der Waals surface area contributed by atoms with Gasteiger partial charge in [0.15, 0.2) is 0 Å². The number of rotatable bonds is 1. The van der Waals surface area contributed by atoms with Gasteiger partial charge in [-0.3, -0.25) is 0 Å². The second-order valence-electron chi connectivity index (χ2n) is 4.04. The molecule has 90 valence electrons. The van der Waals surface area contributed by atoms with E-state index in [9.17, 15) is 4.39 Å². The molecule has 0 bridgehead atoms. The van der Waals surface area contributed by atoms with Crippen LogP contribution in [0.5, 0.6) is 0 Å². The van der Waals surface area contributed by atoms with Crippen LogP contribution in [0.15, 0.2) is 27.1 Å². The summed E-state index contributed by atoms with van der Waals surface area (Å²) in [6, 6.07) is 4.71. The Hall–Kier alpha value is -0.350. The van der Waals surface area contributed by atoms with Crippen LogP contribution < -0.4 is 0 Å². The first kappa shape index (κ1) is 15.7. The smallest absolute Gasteiger partial charge is 0.132 e. The molecular weight excluding hydrogens is 289 g/mol. The van der Waals surface area contributed by atoms with Gasteiger partial charge in [-0.05, 0) is 43.9 Å². The minimum absolute atomic E-state index is 0.284. The Morgan fingerprint density at radius 3 is 2.31 bits per heavy atom. The molecule has 0 aliphatic carbocycles. The van der Waals surface area contributed by atoms with Crippen molar-refractivity contribution >= 4 is 34.5 Å². The van der Waals surface area contributed by atoms with E-state index in [1.165, 1.54) is 6.07 Å². The first-order valence-electron chi connectivity index (χ1n) is 5.02.